The van der Waals surface area contributed by atoms with E-state index in [2.05, 4.69) is 34.6 Å². The molecule has 0 saturated carbocycles. The van der Waals surface area contributed by atoms with E-state index in [1.807, 2.05) is 16.7 Å². The molecule has 0 saturated heterocycles. The average molecular weight is 614 g/mol. The SMILES string of the molecule is CCCCCCCCN(CCOCCC)C(=O)C(C)CSCCCCCC(=O)OCCC(CCCCC)CCCCC. The molecule has 250 valence electrons. The molecule has 42 heavy (non-hydrogen) atoms. The number of rotatable bonds is 32. The molecule has 0 N–H and O–H groups in total. The standard InChI is InChI=1S/C36H71NO4S/c1-6-10-13-14-15-20-26-37(27-30-40-28-9-4)36(39)33(5)32-42-31-21-16-19-24-35(38)41-29-25-34(22-17-11-7-2)23-18-12-8-3/h33-34H,6-32H2,1-5H3. The number of carbonyl (C=O) groups excluding carboxylic acids is 2. The first-order valence-electron chi connectivity index (χ1n) is 18.1. The summed E-state index contributed by atoms with van der Waals surface area (Å²) in [5.41, 5.74) is 0. The minimum absolute atomic E-state index is 0.0314. The number of hydrogen-bond acceptors (Lipinski definition) is 5. The zero-order valence-corrected chi connectivity index (χ0v) is 29.6. The fourth-order valence-corrected chi connectivity index (χ4v) is 6.41. The zero-order valence-electron chi connectivity index (χ0n) is 28.7. The number of carbonyl (C=O) groups is 2. The third-order valence-electron chi connectivity index (χ3n) is 8.13. The first-order chi connectivity index (χ1) is 20.5. The monoisotopic (exact) mass is 614 g/mol. The predicted molar refractivity (Wildman–Crippen MR) is 183 cm³/mol. The number of amides is 1. The van der Waals surface area contributed by atoms with Crippen LogP contribution < -0.4 is 0 Å². The molecule has 0 bridgehead atoms. The molecule has 0 aromatic heterocycles. The van der Waals surface area contributed by atoms with Crippen LogP contribution in [0.15, 0.2) is 0 Å². The fraction of sp³-hybridized carbons (Fsp3) is 0.944. The maximum absolute atomic E-state index is 13.2. The Labute approximate surface area is 266 Å². The highest BCUT2D eigenvalue weighted by atomic mass is 32.2. The molecule has 1 unspecified atom stereocenters. The summed E-state index contributed by atoms with van der Waals surface area (Å²) in [4.78, 5) is 27.5. The number of thioether (sulfide) groups is 1. The molecular weight excluding hydrogens is 542 g/mol. The summed E-state index contributed by atoms with van der Waals surface area (Å²) in [5, 5.41) is 0. The molecule has 0 rings (SSSR count). The number of unbranched alkanes of at least 4 members (excludes halogenated alkanes) is 11. The molecule has 0 aliphatic heterocycles. The van der Waals surface area contributed by atoms with Gasteiger partial charge in [-0.3, -0.25) is 9.59 Å². The van der Waals surface area contributed by atoms with Crippen molar-refractivity contribution in [1.29, 1.82) is 0 Å². The topological polar surface area (TPSA) is 55.8 Å². The first kappa shape index (κ1) is 41.2. The van der Waals surface area contributed by atoms with Crippen molar-refractivity contribution in [2.45, 2.75) is 163 Å². The van der Waals surface area contributed by atoms with Gasteiger partial charge in [-0.1, -0.05) is 125 Å². The van der Waals surface area contributed by atoms with Crippen LogP contribution in [-0.2, 0) is 19.1 Å². The first-order valence-corrected chi connectivity index (χ1v) is 19.2. The second-order valence-electron chi connectivity index (χ2n) is 12.4. The van der Waals surface area contributed by atoms with E-state index < -0.39 is 0 Å². The van der Waals surface area contributed by atoms with Crippen LogP contribution in [0.25, 0.3) is 0 Å². The highest BCUT2D eigenvalue weighted by Gasteiger charge is 2.20. The maximum Gasteiger partial charge on any atom is 0.305 e. The van der Waals surface area contributed by atoms with Gasteiger partial charge >= 0.3 is 5.97 Å². The van der Waals surface area contributed by atoms with Crippen molar-refractivity contribution >= 4 is 23.6 Å². The van der Waals surface area contributed by atoms with E-state index in [-0.39, 0.29) is 17.8 Å². The summed E-state index contributed by atoms with van der Waals surface area (Å²) < 4.78 is 11.3. The van der Waals surface area contributed by atoms with E-state index >= 15 is 0 Å². The van der Waals surface area contributed by atoms with Crippen molar-refractivity contribution < 1.29 is 19.1 Å². The molecule has 0 heterocycles. The molecule has 6 heteroatoms. The van der Waals surface area contributed by atoms with Crippen molar-refractivity contribution in [1.82, 2.24) is 4.90 Å². The van der Waals surface area contributed by atoms with Crippen LogP contribution in [0.1, 0.15) is 163 Å². The molecule has 0 aliphatic rings. The summed E-state index contributed by atoms with van der Waals surface area (Å²) in [6.07, 6.45) is 23.3. The van der Waals surface area contributed by atoms with Crippen LogP contribution in [0.4, 0.5) is 0 Å². The summed E-state index contributed by atoms with van der Waals surface area (Å²) in [6, 6.07) is 0. The Bertz CT molecular complexity index is 593. The van der Waals surface area contributed by atoms with Crippen molar-refractivity contribution in [3.63, 3.8) is 0 Å². The van der Waals surface area contributed by atoms with E-state index in [0.717, 1.165) is 63.2 Å². The lowest BCUT2D eigenvalue weighted by atomic mass is 9.92. The largest absolute Gasteiger partial charge is 0.466 e. The highest BCUT2D eigenvalue weighted by molar-refractivity contribution is 7.99. The summed E-state index contributed by atoms with van der Waals surface area (Å²) >= 11 is 1.87. The van der Waals surface area contributed by atoms with Gasteiger partial charge in [-0.05, 0) is 43.8 Å². The Morgan fingerprint density at radius 3 is 1.93 bits per heavy atom. The van der Waals surface area contributed by atoms with Gasteiger partial charge in [0.05, 0.1) is 13.2 Å². The van der Waals surface area contributed by atoms with Gasteiger partial charge in [0.2, 0.25) is 5.91 Å². The average Bonchev–Trinajstić information content (AvgIpc) is 2.98. The predicted octanol–water partition coefficient (Wildman–Crippen LogP) is 10.2. The normalized spacial score (nSPS) is 12.1. The molecule has 1 atom stereocenters. The van der Waals surface area contributed by atoms with Crippen LogP contribution >= 0.6 is 11.8 Å². The molecule has 0 aromatic carbocycles. The summed E-state index contributed by atoms with van der Waals surface area (Å²) in [5.74, 6) is 2.89. The molecule has 0 aromatic rings. The van der Waals surface area contributed by atoms with Crippen molar-refractivity contribution in [2.75, 3.05) is 44.4 Å². The highest BCUT2D eigenvalue weighted by Crippen LogP contribution is 2.21. The summed E-state index contributed by atoms with van der Waals surface area (Å²) in [7, 11) is 0. The Balaban J connectivity index is 4.13. The quantitative estimate of drug-likeness (QED) is 0.0558. The Morgan fingerprint density at radius 2 is 1.26 bits per heavy atom. The van der Waals surface area contributed by atoms with E-state index in [1.54, 1.807) is 0 Å². The van der Waals surface area contributed by atoms with Crippen LogP contribution in [0.5, 0.6) is 0 Å². The minimum atomic E-state index is -0.0314. The lowest BCUT2D eigenvalue weighted by Gasteiger charge is -2.26. The molecule has 0 fully saturated rings. The lowest BCUT2D eigenvalue weighted by Crippen LogP contribution is -2.39. The van der Waals surface area contributed by atoms with Gasteiger partial charge in [-0.2, -0.15) is 11.8 Å². The molecule has 0 aliphatic carbocycles. The van der Waals surface area contributed by atoms with Gasteiger partial charge < -0.3 is 14.4 Å². The van der Waals surface area contributed by atoms with E-state index in [9.17, 15) is 9.59 Å². The van der Waals surface area contributed by atoms with Gasteiger partial charge in [0.25, 0.3) is 0 Å². The third-order valence-corrected chi connectivity index (χ3v) is 9.44. The van der Waals surface area contributed by atoms with Crippen molar-refractivity contribution in [2.24, 2.45) is 11.8 Å². The van der Waals surface area contributed by atoms with Crippen molar-refractivity contribution in [3.8, 4) is 0 Å². The van der Waals surface area contributed by atoms with Crippen LogP contribution in [0.2, 0.25) is 0 Å². The molecular formula is C36H71NO4S. The summed E-state index contributed by atoms with van der Waals surface area (Å²) in [6.45, 7) is 14.5. The maximum atomic E-state index is 13.2. The van der Waals surface area contributed by atoms with Crippen LogP contribution in [-0.4, -0.2) is 61.2 Å². The molecule has 0 radical (unpaired) electrons. The Hall–Kier alpha value is -0.750. The molecule has 5 nitrogen and oxygen atoms in total. The van der Waals surface area contributed by atoms with Gasteiger partial charge in [0, 0.05) is 37.8 Å². The fourth-order valence-electron chi connectivity index (χ4n) is 5.34. The Kier molecular flexibility index (Phi) is 31.1. The van der Waals surface area contributed by atoms with E-state index in [0.29, 0.717) is 32.1 Å². The van der Waals surface area contributed by atoms with Gasteiger partial charge in [-0.15, -0.1) is 0 Å². The third kappa shape index (κ3) is 25.7. The van der Waals surface area contributed by atoms with Crippen LogP contribution in [0, 0.1) is 11.8 Å². The van der Waals surface area contributed by atoms with Crippen molar-refractivity contribution in [3.05, 3.63) is 0 Å². The second-order valence-corrected chi connectivity index (χ2v) is 13.5. The van der Waals surface area contributed by atoms with Gasteiger partial charge in [0.1, 0.15) is 0 Å². The second kappa shape index (κ2) is 31.7. The van der Waals surface area contributed by atoms with E-state index in [4.69, 9.17) is 9.47 Å². The lowest BCUT2D eigenvalue weighted by molar-refractivity contribution is -0.144. The number of esters is 1. The zero-order chi connectivity index (χ0) is 31.1. The van der Waals surface area contributed by atoms with Gasteiger partial charge in [-0.25, -0.2) is 0 Å². The number of nitrogens with zero attached hydrogens (tertiary/aromatic N) is 1. The van der Waals surface area contributed by atoms with Gasteiger partial charge in [0.15, 0.2) is 0 Å². The molecule has 1 amide bonds. The number of hydrogen-bond donors (Lipinski definition) is 0. The van der Waals surface area contributed by atoms with Crippen LogP contribution in [0.3, 0.4) is 0 Å². The number of ether oxygens (including phenoxy) is 2. The Morgan fingerprint density at radius 1 is 0.643 bits per heavy atom. The molecule has 0 spiro atoms. The van der Waals surface area contributed by atoms with E-state index in [1.165, 1.54) is 83.5 Å². The minimum Gasteiger partial charge on any atom is -0.466 e. The smallest absolute Gasteiger partial charge is 0.305 e.